The monoisotopic (exact) mass is 265 g/mol. The Hall–Kier alpha value is -2.04. The molecule has 0 saturated carbocycles. The number of aryl methyl sites for hydroxylation is 2. The lowest BCUT2D eigenvalue weighted by Gasteiger charge is -2.17. The zero-order valence-corrected chi connectivity index (χ0v) is 11.6. The molecule has 1 atom stereocenters. The summed E-state index contributed by atoms with van der Waals surface area (Å²) in [5, 5.41) is 11.6. The van der Waals surface area contributed by atoms with Crippen molar-refractivity contribution < 1.29 is 19.4 Å². The van der Waals surface area contributed by atoms with Crippen LogP contribution in [-0.2, 0) is 16.0 Å². The molecule has 104 valence electrons. The topological polar surface area (TPSA) is 75.6 Å². The van der Waals surface area contributed by atoms with Gasteiger partial charge in [-0.05, 0) is 25.0 Å². The van der Waals surface area contributed by atoms with E-state index in [0.717, 1.165) is 16.7 Å². The maximum atomic E-state index is 11.2. The minimum atomic E-state index is -1.06. The van der Waals surface area contributed by atoms with E-state index in [-0.39, 0.29) is 12.3 Å². The second kappa shape index (κ2) is 6.22. The van der Waals surface area contributed by atoms with Crippen molar-refractivity contribution in [2.24, 2.45) is 0 Å². The zero-order chi connectivity index (χ0) is 14.6. The van der Waals surface area contributed by atoms with E-state index in [1.807, 2.05) is 26.0 Å². The van der Waals surface area contributed by atoms with E-state index < -0.39 is 12.0 Å². The van der Waals surface area contributed by atoms with Gasteiger partial charge in [0.15, 0.2) is 0 Å². The van der Waals surface area contributed by atoms with Gasteiger partial charge in [-0.3, -0.25) is 4.79 Å². The van der Waals surface area contributed by atoms with Crippen LogP contribution in [-0.4, -0.2) is 30.1 Å². The van der Waals surface area contributed by atoms with Crippen LogP contribution in [0.4, 0.5) is 0 Å². The fourth-order valence-electron chi connectivity index (χ4n) is 2.15. The van der Waals surface area contributed by atoms with Gasteiger partial charge in [0.05, 0.1) is 7.11 Å². The van der Waals surface area contributed by atoms with Crippen LogP contribution in [0.15, 0.2) is 12.1 Å². The maximum Gasteiger partial charge on any atom is 0.326 e. The Bertz CT molecular complexity index is 496. The SMILES string of the molecule is COc1c(C)cc(C)cc1CC(NC(C)=O)C(=O)O. The standard InChI is InChI=1S/C14H19NO4/c1-8-5-9(2)13(19-4)11(6-8)7-12(14(17)18)15-10(3)16/h5-6,12H,7H2,1-4H3,(H,15,16)(H,17,18). The van der Waals surface area contributed by atoms with Crippen LogP contribution in [0, 0.1) is 13.8 Å². The normalized spacial score (nSPS) is 11.8. The largest absolute Gasteiger partial charge is 0.496 e. The summed E-state index contributed by atoms with van der Waals surface area (Å²) in [6.45, 7) is 5.14. The molecule has 19 heavy (non-hydrogen) atoms. The van der Waals surface area contributed by atoms with Gasteiger partial charge in [0.1, 0.15) is 11.8 Å². The van der Waals surface area contributed by atoms with Gasteiger partial charge in [-0.15, -0.1) is 0 Å². The van der Waals surface area contributed by atoms with Gasteiger partial charge in [0, 0.05) is 13.3 Å². The Morgan fingerprint density at radius 2 is 2.00 bits per heavy atom. The average Bonchev–Trinajstić information content (AvgIpc) is 2.26. The number of carboxylic acid groups (broad SMARTS) is 1. The summed E-state index contributed by atoms with van der Waals surface area (Å²) in [6, 6.07) is 2.90. The van der Waals surface area contributed by atoms with Crippen molar-refractivity contribution in [3.63, 3.8) is 0 Å². The molecule has 0 fully saturated rings. The van der Waals surface area contributed by atoms with E-state index in [0.29, 0.717) is 5.75 Å². The van der Waals surface area contributed by atoms with Crippen LogP contribution in [0.2, 0.25) is 0 Å². The predicted molar refractivity (Wildman–Crippen MR) is 71.4 cm³/mol. The van der Waals surface area contributed by atoms with Crippen LogP contribution >= 0.6 is 0 Å². The summed E-state index contributed by atoms with van der Waals surface area (Å²) in [4.78, 5) is 22.2. The Labute approximate surface area is 112 Å². The molecule has 0 aromatic heterocycles. The van der Waals surface area contributed by atoms with Gasteiger partial charge < -0.3 is 15.2 Å². The number of carbonyl (C=O) groups is 2. The number of amides is 1. The highest BCUT2D eigenvalue weighted by Crippen LogP contribution is 2.26. The smallest absolute Gasteiger partial charge is 0.326 e. The van der Waals surface area contributed by atoms with Crippen molar-refractivity contribution in [1.82, 2.24) is 5.32 Å². The van der Waals surface area contributed by atoms with Gasteiger partial charge in [-0.1, -0.05) is 17.7 Å². The second-order valence-corrected chi connectivity index (χ2v) is 4.57. The lowest BCUT2D eigenvalue weighted by molar-refractivity contribution is -0.141. The molecule has 0 saturated heterocycles. The summed E-state index contributed by atoms with van der Waals surface area (Å²) in [5.74, 6) is -0.755. The number of hydrogen-bond donors (Lipinski definition) is 2. The number of nitrogens with one attached hydrogen (secondary N) is 1. The van der Waals surface area contributed by atoms with Crippen LogP contribution in [0.25, 0.3) is 0 Å². The highest BCUT2D eigenvalue weighted by atomic mass is 16.5. The highest BCUT2D eigenvalue weighted by Gasteiger charge is 2.21. The Morgan fingerprint density at radius 3 is 2.47 bits per heavy atom. The molecule has 0 heterocycles. The number of benzene rings is 1. The van der Waals surface area contributed by atoms with Gasteiger partial charge in [-0.25, -0.2) is 4.79 Å². The third-order valence-electron chi connectivity index (χ3n) is 2.80. The molecule has 5 nitrogen and oxygen atoms in total. The Morgan fingerprint density at radius 1 is 1.37 bits per heavy atom. The first-order valence-electron chi connectivity index (χ1n) is 5.99. The summed E-state index contributed by atoms with van der Waals surface area (Å²) >= 11 is 0. The molecule has 0 radical (unpaired) electrons. The average molecular weight is 265 g/mol. The van der Waals surface area contributed by atoms with Crippen molar-refractivity contribution in [1.29, 1.82) is 0 Å². The molecular weight excluding hydrogens is 246 g/mol. The van der Waals surface area contributed by atoms with Gasteiger partial charge in [-0.2, -0.15) is 0 Å². The van der Waals surface area contributed by atoms with Crippen molar-refractivity contribution in [2.45, 2.75) is 33.2 Å². The number of methoxy groups -OCH3 is 1. The molecule has 1 amide bonds. The molecule has 1 unspecified atom stereocenters. The van der Waals surface area contributed by atoms with Crippen LogP contribution < -0.4 is 10.1 Å². The van der Waals surface area contributed by atoms with Crippen LogP contribution in [0.1, 0.15) is 23.6 Å². The zero-order valence-electron chi connectivity index (χ0n) is 11.6. The second-order valence-electron chi connectivity index (χ2n) is 4.57. The molecule has 5 heteroatoms. The quantitative estimate of drug-likeness (QED) is 0.844. The number of ether oxygens (including phenoxy) is 1. The molecule has 0 aliphatic rings. The molecule has 1 rings (SSSR count). The van der Waals surface area contributed by atoms with Crippen molar-refractivity contribution in [2.75, 3.05) is 7.11 Å². The first-order chi connectivity index (χ1) is 8.85. The Balaban J connectivity index is 3.08. The summed E-state index contributed by atoms with van der Waals surface area (Å²) in [7, 11) is 1.55. The maximum absolute atomic E-state index is 11.2. The summed E-state index contributed by atoms with van der Waals surface area (Å²) in [6.07, 6.45) is 0.195. The first kappa shape index (κ1) is 15.0. The minimum absolute atomic E-state index is 0.195. The molecule has 1 aromatic carbocycles. The number of hydrogen-bond acceptors (Lipinski definition) is 3. The number of aliphatic carboxylic acids is 1. The molecule has 2 N–H and O–H groups in total. The van der Waals surface area contributed by atoms with Crippen molar-refractivity contribution in [3.8, 4) is 5.75 Å². The number of carboxylic acids is 1. The molecule has 0 aliphatic heterocycles. The highest BCUT2D eigenvalue weighted by molar-refractivity contribution is 5.82. The fourth-order valence-corrected chi connectivity index (χ4v) is 2.15. The van der Waals surface area contributed by atoms with E-state index in [2.05, 4.69) is 5.32 Å². The van der Waals surface area contributed by atoms with Crippen LogP contribution in [0.5, 0.6) is 5.75 Å². The minimum Gasteiger partial charge on any atom is -0.496 e. The third-order valence-corrected chi connectivity index (χ3v) is 2.80. The van der Waals surface area contributed by atoms with Gasteiger partial charge in [0.25, 0.3) is 0 Å². The molecule has 0 aliphatic carbocycles. The predicted octanol–water partition coefficient (Wildman–Crippen LogP) is 1.44. The number of carbonyl (C=O) groups excluding carboxylic acids is 1. The van der Waals surface area contributed by atoms with Crippen LogP contribution in [0.3, 0.4) is 0 Å². The van der Waals surface area contributed by atoms with E-state index in [1.54, 1.807) is 7.11 Å². The van der Waals surface area contributed by atoms with Gasteiger partial charge >= 0.3 is 5.97 Å². The Kier molecular flexibility index (Phi) is 4.92. The van der Waals surface area contributed by atoms with E-state index >= 15 is 0 Å². The molecule has 0 bridgehead atoms. The molecule has 0 spiro atoms. The summed E-state index contributed by atoms with van der Waals surface area (Å²) < 4.78 is 5.31. The van der Waals surface area contributed by atoms with Crippen molar-refractivity contribution >= 4 is 11.9 Å². The number of rotatable bonds is 5. The third kappa shape index (κ3) is 3.98. The molecular formula is C14H19NO4. The molecule has 1 aromatic rings. The lowest BCUT2D eigenvalue weighted by atomic mass is 9.99. The lowest BCUT2D eigenvalue weighted by Crippen LogP contribution is -2.41. The van der Waals surface area contributed by atoms with Crippen molar-refractivity contribution in [3.05, 3.63) is 28.8 Å². The van der Waals surface area contributed by atoms with E-state index in [9.17, 15) is 9.59 Å². The fraction of sp³-hybridized carbons (Fsp3) is 0.429. The van der Waals surface area contributed by atoms with Gasteiger partial charge in [0.2, 0.25) is 5.91 Å². The van der Waals surface area contributed by atoms with E-state index in [4.69, 9.17) is 9.84 Å². The van der Waals surface area contributed by atoms with E-state index in [1.165, 1.54) is 6.92 Å². The summed E-state index contributed by atoms with van der Waals surface area (Å²) in [5.41, 5.74) is 2.76. The first-order valence-corrected chi connectivity index (χ1v) is 5.99.